The molecule has 0 amide bonds. The molecule has 132 valence electrons. The number of hydrogen-bond donors (Lipinski definition) is 1. The number of carboxylic acid groups (broad SMARTS) is 1. The molecule has 0 saturated heterocycles. The number of carboxylic acids is 1. The Kier molecular flexibility index (Phi) is 5.94. The van der Waals surface area contributed by atoms with Crippen LogP contribution >= 0.6 is 0 Å². The number of rotatable bonds is 8. The van der Waals surface area contributed by atoms with E-state index in [4.69, 9.17) is 9.47 Å². The van der Waals surface area contributed by atoms with Gasteiger partial charge in [-0.2, -0.15) is 0 Å². The van der Waals surface area contributed by atoms with Crippen LogP contribution in [0.15, 0.2) is 42.5 Å². The fourth-order valence-electron chi connectivity index (χ4n) is 2.55. The first kappa shape index (κ1) is 18.3. The monoisotopic (exact) mass is 345 g/mol. The number of ether oxygens (including phenoxy) is 2. The molecule has 1 atom stereocenters. The van der Waals surface area contributed by atoms with Crippen LogP contribution in [0.1, 0.15) is 24.0 Å². The number of nitrogens with zero attached hydrogens (tertiary/aromatic N) is 1. The van der Waals surface area contributed by atoms with Gasteiger partial charge in [0.15, 0.2) is 5.75 Å². The zero-order valence-corrected chi connectivity index (χ0v) is 14.0. The predicted molar refractivity (Wildman–Crippen MR) is 91.3 cm³/mol. The summed E-state index contributed by atoms with van der Waals surface area (Å²) in [5, 5.41) is 20.8. The second-order valence-corrected chi connectivity index (χ2v) is 5.36. The lowest BCUT2D eigenvalue weighted by Crippen LogP contribution is -2.14. The number of methoxy groups -OCH3 is 1. The highest BCUT2D eigenvalue weighted by molar-refractivity contribution is 5.76. The normalized spacial score (nSPS) is 11.6. The van der Waals surface area contributed by atoms with Gasteiger partial charge in [-0.15, -0.1) is 0 Å². The average molecular weight is 345 g/mol. The molecule has 0 aliphatic rings. The summed E-state index contributed by atoms with van der Waals surface area (Å²) < 4.78 is 10.4. The highest BCUT2D eigenvalue weighted by Gasteiger charge is 2.23. The van der Waals surface area contributed by atoms with E-state index < -0.39 is 16.8 Å². The minimum atomic E-state index is -1.01. The summed E-state index contributed by atoms with van der Waals surface area (Å²) in [6.07, 6.45) is 0.121. The second-order valence-electron chi connectivity index (χ2n) is 5.36. The van der Waals surface area contributed by atoms with Gasteiger partial charge >= 0.3 is 11.7 Å². The van der Waals surface area contributed by atoms with Gasteiger partial charge < -0.3 is 14.6 Å². The van der Waals surface area contributed by atoms with Gasteiger partial charge in [0, 0.05) is 6.07 Å². The molecule has 2 aromatic rings. The molecular weight excluding hydrogens is 326 g/mol. The average Bonchev–Trinajstić information content (AvgIpc) is 2.60. The molecule has 0 aliphatic carbocycles. The van der Waals surface area contributed by atoms with Gasteiger partial charge in [-0.25, -0.2) is 0 Å². The maximum absolute atomic E-state index is 11.7. The molecule has 0 radical (unpaired) electrons. The molecule has 7 nitrogen and oxygen atoms in total. The van der Waals surface area contributed by atoms with E-state index in [0.717, 1.165) is 0 Å². The van der Waals surface area contributed by atoms with E-state index in [1.807, 2.05) is 0 Å². The maximum atomic E-state index is 11.7. The topological polar surface area (TPSA) is 98.9 Å². The standard InChI is InChI=1S/C18H19NO6/c1-3-25-17-8-7-12(10-16(17)19(22)23)9-15(18(20)21)13-5-4-6-14(11-13)24-2/h4-8,10-11,15H,3,9H2,1-2H3,(H,20,21). The Hall–Kier alpha value is -3.09. The lowest BCUT2D eigenvalue weighted by Gasteiger charge is -2.14. The van der Waals surface area contributed by atoms with Crippen LogP contribution in [0.5, 0.6) is 11.5 Å². The molecule has 0 aromatic heterocycles. The quantitative estimate of drug-likeness (QED) is 0.581. The number of nitro benzene ring substituents is 1. The van der Waals surface area contributed by atoms with Crippen molar-refractivity contribution >= 4 is 11.7 Å². The van der Waals surface area contributed by atoms with E-state index >= 15 is 0 Å². The van der Waals surface area contributed by atoms with Crippen molar-refractivity contribution in [1.29, 1.82) is 0 Å². The van der Waals surface area contributed by atoms with Crippen molar-refractivity contribution < 1.29 is 24.3 Å². The highest BCUT2D eigenvalue weighted by Crippen LogP contribution is 2.31. The molecule has 0 spiro atoms. The third-order valence-corrected chi connectivity index (χ3v) is 3.75. The Morgan fingerprint density at radius 2 is 2.04 bits per heavy atom. The lowest BCUT2D eigenvalue weighted by molar-refractivity contribution is -0.385. The summed E-state index contributed by atoms with van der Waals surface area (Å²) in [6.45, 7) is 2.04. The molecular formula is C18H19NO6. The van der Waals surface area contributed by atoms with Crippen molar-refractivity contribution in [2.45, 2.75) is 19.3 Å². The van der Waals surface area contributed by atoms with Crippen LogP contribution in [0, 0.1) is 10.1 Å². The first-order valence-corrected chi connectivity index (χ1v) is 7.73. The third-order valence-electron chi connectivity index (χ3n) is 3.75. The van der Waals surface area contributed by atoms with Gasteiger partial charge in [0.25, 0.3) is 0 Å². The summed E-state index contributed by atoms with van der Waals surface area (Å²) in [5.41, 5.74) is 0.947. The summed E-state index contributed by atoms with van der Waals surface area (Å²) >= 11 is 0. The van der Waals surface area contributed by atoms with Gasteiger partial charge in [0.2, 0.25) is 0 Å². The molecule has 0 fully saturated rings. The molecule has 25 heavy (non-hydrogen) atoms. The van der Waals surface area contributed by atoms with Gasteiger partial charge in [0.1, 0.15) is 5.75 Å². The molecule has 7 heteroatoms. The SMILES string of the molecule is CCOc1ccc(CC(C(=O)O)c2cccc(OC)c2)cc1[N+](=O)[O-]. The number of benzene rings is 2. The van der Waals surface area contributed by atoms with Gasteiger partial charge in [-0.3, -0.25) is 14.9 Å². The summed E-state index contributed by atoms with van der Waals surface area (Å²) in [4.78, 5) is 22.4. The van der Waals surface area contributed by atoms with Crippen LogP contribution in [0.25, 0.3) is 0 Å². The molecule has 2 rings (SSSR count). The minimum Gasteiger partial charge on any atom is -0.497 e. The minimum absolute atomic E-state index is 0.121. The fraction of sp³-hybridized carbons (Fsp3) is 0.278. The van der Waals surface area contributed by atoms with E-state index in [-0.39, 0.29) is 17.9 Å². The number of nitro groups is 1. The van der Waals surface area contributed by atoms with E-state index in [0.29, 0.717) is 23.5 Å². The van der Waals surface area contributed by atoms with Crippen LogP contribution in [-0.2, 0) is 11.2 Å². The Balaban J connectivity index is 2.35. The van der Waals surface area contributed by atoms with Crippen LogP contribution in [0.4, 0.5) is 5.69 Å². The molecule has 2 aromatic carbocycles. The fourth-order valence-corrected chi connectivity index (χ4v) is 2.55. The Bertz CT molecular complexity index is 774. The van der Waals surface area contributed by atoms with E-state index in [9.17, 15) is 20.0 Å². The largest absolute Gasteiger partial charge is 0.497 e. The summed E-state index contributed by atoms with van der Waals surface area (Å²) in [6, 6.07) is 11.3. The lowest BCUT2D eigenvalue weighted by atomic mass is 9.91. The molecule has 1 unspecified atom stereocenters. The first-order valence-electron chi connectivity index (χ1n) is 7.73. The Morgan fingerprint density at radius 3 is 2.64 bits per heavy atom. The van der Waals surface area contributed by atoms with Crippen LogP contribution in [-0.4, -0.2) is 29.7 Å². The van der Waals surface area contributed by atoms with Crippen LogP contribution in [0.3, 0.4) is 0 Å². The number of carbonyl (C=O) groups is 1. The third kappa shape index (κ3) is 4.47. The van der Waals surface area contributed by atoms with Crippen molar-refractivity contribution in [2.75, 3.05) is 13.7 Å². The first-order chi connectivity index (χ1) is 12.0. The van der Waals surface area contributed by atoms with Gasteiger partial charge in [0.05, 0.1) is 24.6 Å². The maximum Gasteiger partial charge on any atom is 0.311 e. The van der Waals surface area contributed by atoms with Crippen molar-refractivity contribution in [3.05, 3.63) is 63.7 Å². The molecule has 0 aliphatic heterocycles. The van der Waals surface area contributed by atoms with Crippen molar-refractivity contribution in [2.24, 2.45) is 0 Å². The van der Waals surface area contributed by atoms with E-state index in [2.05, 4.69) is 0 Å². The Morgan fingerprint density at radius 1 is 1.28 bits per heavy atom. The predicted octanol–water partition coefficient (Wildman–Crippen LogP) is 3.41. The van der Waals surface area contributed by atoms with Crippen LogP contribution < -0.4 is 9.47 Å². The summed E-state index contributed by atoms with van der Waals surface area (Å²) in [7, 11) is 1.50. The van der Waals surface area contributed by atoms with Gasteiger partial charge in [-0.1, -0.05) is 18.2 Å². The molecule has 1 N–H and O–H groups in total. The molecule has 0 bridgehead atoms. The zero-order chi connectivity index (χ0) is 18.4. The van der Waals surface area contributed by atoms with E-state index in [1.54, 1.807) is 37.3 Å². The zero-order valence-electron chi connectivity index (χ0n) is 14.0. The molecule has 0 heterocycles. The highest BCUT2D eigenvalue weighted by atomic mass is 16.6. The molecule has 0 saturated carbocycles. The van der Waals surface area contributed by atoms with Gasteiger partial charge in [-0.05, 0) is 42.7 Å². The summed E-state index contributed by atoms with van der Waals surface area (Å²) in [5.74, 6) is -1.12. The smallest absolute Gasteiger partial charge is 0.311 e. The van der Waals surface area contributed by atoms with E-state index in [1.165, 1.54) is 19.2 Å². The Labute approximate surface area is 145 Å². The number of hydrogen-bond acceptors (Lipinski definition) is 5. The van der Waals surface area contributed by atoms with Crippen molar-refractivity contribution in [1.82, 2.24) is 0 Å². The second kappa shape index (κ2) is 8.14. The van der Waals surface area contributed by atoms with Crippen molar-refractivity contribution in [3.63, 3.8) is 0 Å². The van der Waals surface area contributed by atoms with Crippen LogP contribution in [0.2, 0.25) is 0 Å². The number of aliphatic carboxylic acids is 1. The van der Waals surface area contributed by atoms with Crippen molar-refractivity contribution in [3.8, 4) is 11.5 Å².